The number of benzene rings is 1. The van der Waals surface area contributed by atoms with E-state index in [2.05, 4.69) is 24.0 Å². The topological polar surface area (TPSA) is 94.0 Å². The van der Waals surface area contributed by atoms with E-state index in [1.54, 1.807) is 29.1 Å². The predicted molar refractivity (Wildman–Crippen MR) is 83.1 cm³/mol. The molecule has 1 aromatic carbocycles. The lowest BCUT2D eigenvalue weighted by Crippen LogP contribution is -2.02. The highest BCUT2D eigenvalue weighted by atomic mass is 35.5. The van der Waals surface area contributed by atoms with Crippen LogP contribution in [0.25, 0.3) is 16.7 Å². The molecule has 0 bridgehead atoms. The number of fused-ring (bicyclic) bond motifs is 2. The Balaban J connectivity index is 1.92. The van der Waals surface area contributed by atoms with Gasteiger partial charge in [-0.15, -0.1) is 0 Å². The van der Waals surface area contributed by atoms with Gasteiger partial charge < -0.3 is 15.5 Å². The van der Waals surface area contributed by atoms with Gasteiger partial charge in [0.05, 0.1) is 28.6 Å². The van der Waals surface area contributed by atoms with E-state index < -0.39 is 0 Å². The van der Waals surface area contributed by atoms with Gasteiger partial charge in [-0.05, 0) is 12.1 Å². The van der Waals surface area contributed by atoms with E-state index in [0.717, 1.165) is 17.2 Å². The summed E-state index contributed by atoms with van der Waals surface area (Å²) in [5.41, 5.74) is 8.58. The van der Waals surface area contributed by atoms with Gasteiger partial charge in [0.25, 0.3) is 0 Å². The van der Waals surface area contributed by atoms with Crippen LogP contribution in [0, 0.1) is 0 Å². The normalized spacial score (nSPS) is 11.3. The fourth-order valence-electron chi connectivity index (χ4n) is 2.10. The molecule has 0 fully saturated rings. The van der Waals surface area contributed by atoms with Crippen LogP contribution in [0.1, 0.15) is 0 Å². The zero-order valence-corrected chi connectivity index (χ0v) is 12.1. The van der Waals surface area contributed by atoms with Gasteiger partial charge in [-0.1, -0.05) is 11.6 Å². The summed E-state index contributed by atoms with van der Waals surface area (Å²) in [6.07, 6.45) is 5.17. The summed E-state index contributed by atoms with van der Waals surface area (Å²) in [4.78, 5) is 8.54. The molecular weight excluding hydrogens is 310 g/mol. The van der Waals surface area contributed by atoms with Crippen molar-refractivity contribution in [1.29, 1.82) is 0 Å². The summed E-state index contributed by atoms with van der Waals surface area (Å²) in [6.45, 7) is 0. The summed E-state index contributed by atoms with van der Waals surface area (Å²) in [6, 6.07) is 3.59. The third-order valence-electron chi connectivity index (χ3n) is 3.01. The van der Waals surface area contributed by atoms with Crippen molar-refractivity contribution in [3.63, 3.8) is 0 Å². The van der Waals surface area contributed by atoms with Gasteiger partial charge in [0.15, 0.2) is 11.5 Å². The molecule has 3 N–H and O–H groups in total. The molecule has 9 heteroatoms. The molecule has 0 aliphatic carbocycles. The molecule has 21 heavy (non-hydrogen) atoms. The van der Waals surface area contributed by atoms with Gasteiger partial charge in [-0.25, -0.2) is 9.97 Å². The van der Waals surface area contributed by atoms with Crippen molar-refractivity contribution in [2.45, 2.75) is 0 Å². The lowest BCUT2D eigenvalue weighted by atomic mass is 10.2. The Labute approximate surface area is 127 Å². The molecule has 0 saturated carbocycles. The molecule has 3 aromatic heterocycles. The van der Waals surface area contributed by atoms with E-state index in [9.17, 15) is 0 Å². The first-order chi connectivity index (χ1) is 10.2. The molecule has 0 atom stereocenters. The molecule has 0 saturated heterocycles. The van der Waals surface area contributed by atoms with Gasteiger partial charge in [-0.3, -0.25) is 0 Å². The van der Waals surface area contributed by atoms with Crippen molar-refractivity contribution < 1.29 is 0 Å². The minimum atomic E-state index is 0.378. The first-order valence-corrected chi connectivity index (χ1v) is 7.10. The molecule has 4 aromatic rings. The first-order valence-electron chi connectivity index (χ1n) is 5.99. The van der Waals surface area contributed by atoms with Gasteiger partial charge in [0.1, 0.15) is 16.9 Å². The molecular formula is C12H8ClN7S. The first kappa shape index (κ1) is 12.3. The van der Waals surface area contributed by atoms with Crippen molar-refractivity contribution in [1.82, 2.24) is 23.1 Å². The molecule has 0 amide bonds. The molecule has 0 spiro atoms. The van der Waals surface area contributed by atoms with E-state index in [1.807, 2.05) is 6.07 Å². The molecule has 104 valence electrons. The smallest absolute Gasteiger partial charge is 0.180 e. The third-order valence-corrected chi connectivity index (χ3v) is 3.87. The summed E-state index contributed by atoms with van der Waals surface area (Å²) < 4.78 is 10.3. The van der Waals surface area contributed by atoms with Gasteiger partial charge in [-0.2, -0.15) is 8.75 Å². The van der Waals surface area contributed by atoms with Crippen LogP contribution in [0.15, 0.2) is 30.7 Å². The van der Waals surface area contributed by atoms with E-state index in [4.69, 9.17) is 17.3 Å². The Kier molecular flexibility index (Phi) is 2.66. The summed E-state index contributed by atoms with van der Waals surface area (Å²) >= 11 is 7.39. The van der Waals surface area contributed by atoms with Crippen LogP contribution in [0.2, 0.25) is 5.02 Å². The second kappa shape index (κ2) is 4.54. The number of anilines is 3. The van der Waals surface area contributed by atoms with Crippen molar-refractivity contribution in [2.24, 2.45) is 0 Å². The fraction of sp³-hybridized carbons (Fsp3) is 0. The van der Waals surface area contributed by atoms with E-state index in [0.29, 0.717) is 33.5 Å². The molecule has 0 unspecified atom stereocenters. The minimum absolute atomic E-state index is 0.378. The Morgan fingerprint density at radius 1 is 1.29 bits per heavy atom. The lowest BCUT2D eigenvalue weighted by molar-refractivity contribution is 1.14. The zero-order chi connectivity index (χ0) is 14.4. The predicted octanol–water partition coefficient (Wildman–Crippen LogP) is 2.71. The van der Waals surface area contributed by atoms with E-state index >= 15 is 0 Å². The third kappa shape index (κ3) is 1.96. The SMILES string of the molecule is Nc1cn2ccnc2c(Nc2c(Cl)ccc3nsnc23)n1. The van der Waals surface area contributed by atoms with Crippen LogP contribution < -0.4 is 11.1 Å². The van der Waals surface area contributed by atoms with Crippen molar-refractivity contribution in [3.05, 3.63) is 35.7 Å². The van der Waals surface area contributed by atoms with E-state index in [1.165, 1.54) is 0 Å². The van der Waals surface area contributed by atoms with Crippen LogP contribution in [-0.2, 0) is 0 Å². The van der Waals surface area contributed by atoms with Gasteiger partial charge in [0.2, 0.25) is 0 Å². The molecule has 3 heterocycles. The number of nitrogens with one attached hydrogen (secondary N) is 1. The van der Waals surface area contributed by atoms with E-state index in [-0.39, 0.29) is 0 Å². The van der Waals surface area contributed by atoms with Crippen LogP contribution >= 0.6 is 23.3 Å². The highest BCUT2D eigenvalue weighted by molar-refractivity contribution is 7.00. The Morgan fingerprint density at radius 2 is 2.19 bits per heavy atom. The monoisotopic (exact) mass is 317 g/mol. The number of aromatic nitrogens is 5. The lowest BCUT2D eigenvalue weighted by Gasteiger charge is -2.09. The van der Waals surface area contributed by atoms with Crippen molar-refractivity contribution >= 4 is 57.3 Å². The van der Waals surface area contributed by atoms with Crippen molar-refractivity contribution in [3.8, 4) is 0 Å². The molecule has 7 nitrogen and oxygen atoms in total. The average molecular weight is 318 g/mol. The summed E-state index contributed by atoms with van der Waals surface area (Å²) in [5.74, 6) is 0.894. The van der Waals surface area contributed by atoms with Crippen LogP contribution in [-0.4, -0.2) is 23.1 Å². The maximum Gasteiger partial charge on any atom is 0.180 e. The highest BCUT2D eigenvalue weighted by Gasteiger charge is 2.13. The van der Waals surface area contributed by atoms with Crippen LogP contribution in [0.5, 0.6) is 0 Å². The number of nitrogens with zero attached hydrogens (tertiary/aromatic N) is 5. The standard InChI is InChI=1S/C12H8ClN7S/c13-6-1-2-7-10(19-21-18-7)9(6)17-11-12-15-3-4-20(12)5-8(14)16-11/h1-5H,14H2,(H,16,17). The molecule has 0 radical (unpaired) electrons. The quantitative estimate of drug-likeness (QED) is 0.590. The van der Waals surface area contributed by atoms with Gasteiger partial charge >= 0.3 is 0 Å². The molecule has 4 rings (SSSR count). The largest absolute Gasteiger partial charge is 0.382 e. The average Bonchev–Trinajstić information content (AvgIpc) is 3.09. The summed E-state index contributed by atoms with van der Waals surface area (Å²) in [5, 5.41) is 3.70. The van der Waals surface area contributed by atoms with Gasteiger partial charge in [0, 0.05) is 12.4 Å². The Bertz CT molecular complexity index is 961. The number of hydrogen-bond donors (Lipinski definition) is 2. The Morgan fingerprint density at radius 3 is 3.10 bits per heavy atom. The number of hydrogen-bond acceptors (Lipinski definition) is 7. The Hall–Kier alpha value is -2.45. The maximum absolute atomic E-state index is 6.26. The second-order valence-corrected chi connectivity index (χ2v) is 5.29. The molecule has 0 aliphatic rings. The number of nitrogen functional groups attached to an aromatic ring is 1. The van der Waals surface area contributed by atoms with Crippen molar-refractivity contribution in [2.75, 3.05) is 11.1 Å². The maximum atomic E-state index is 6.26. The number of imidazole rings is 1. The zero-order valence-electron chi connectivity index (χ0n) is 10.5. The minimum Gasteiger partial charge on any atom is -0.382 e. The van der Waals surface area contributed by atoms with Crippen LogP contribution in [0.3, 0.4) is 0 Å². The fourth-order valence-corrected chi connectivity index (χ4v) is 2.84. The molecule has 0 aliphatic heterocycles. The number of rotatable bonds is 2. The highest BCUT2D eigenvalue weighted by Crippen LogP contribution is 2.33. The second-order valence-electron chi connectivity index (χ2n) is 4.35. The summed E-state index contributed by atoms with van der Waals surface area (Å²) in [7, 11) is 0. The van der Waals surface area contributed by atoms with Crippen LogP contribution in [0.4, 0.5) is 17.3 Å². The number of halogens is 1. The number of nitrogens with two attached hydrogens (primary N) is 1.